The van der Waals surface area contributed by atoms with Gasteiger partial charge < -0.3 is 16.0 Å². The van der Waals surface area contributed by atoms with E-state index < -0.39 is 0 Å². The molecule has 0 spiro atoms. The Balaban J connectivity index is 1.25. The number of hydrogen-bond acceptors (Lipinski definition) is 4. The van der Waals surface area contributed by atoms with Crippen LogP contribution in [0.4, 0.5) is 0 Å². The van der Waals surface area contributed by atoms with Crippen LogP contribution in [0.25, 0.3) is 22.5 Å². The molecule has 2 heterocycles. The molecule has 4 nitrogen and oxygen atoms in total. The number of aliphatic imine (C=N–C) groups is 1. The van der Waals surface area contributed by atoms with Crippen molar-refractivity contribution in [2.45, 2.75) is 18.9 Å². The van der Waals surface area contributed by atoms with Crippen molar-refractivity contribution in [1.82, 2.24) is 10.6 Å². The van der Waals surface area contributed by atoms with Gasteiger partial charge in [0.1, 0.15) is 5.84 Å². The Morgan fingerprint density at radius 2 is 1.20 bits per heavy atom. The Bertz CT molecular complexity index is 2200. The summed E-state index contributed by atoms with van der Waals surface area (Å²) < 4.78 is 0. The fraction of sp³-hybridized carbons (Fsp3) is 0.0667. The summed E-state index contributed by atoms with van der Waals surface area (Å²) in [6, 6.07) is 50.3. The highest BCUT2D eigenvalue weighted by Gasteiger charge is 2.29. The van der Waals surface area contributed by atoms with E-state index in [1.165, 1.54) is 34.1 Å². The standard InChI is InChI=1S/C45H36N4/c46-30-39(31-15-5-1-6-16-31)44-38-24-14-13-23-37(38)42(43(49-44)35-19-9-3-10-20-35)34-27-25-33(26-28-34)41-29-40(32-17-7-2-8-18-32)47-45(48-41)36-21-11-4-12-22-36/h1-25,27,29-30,40,46,49H,26,28H2,(H,47,48)/b44-39+,46-30?. The zero-order valence-corrected chi connectivity index (χ0v) is 27.1. The third-order valence-electron chi connectivity index (χ3n) is 9.38. The van der Waals surface area contributed by atoms with Crippen molar-refractivity contribution < 1.29 is 0 Å². The number of hydrogen-bond donors (Lipinski definition) is 3. The summed E-state index contributed by atoms with van der Waals surface area (Å²) in [4.78, 5) is 5.17. The number of amidine groups is 1. The fourth-order valence-corrected chi connectivity index (χ4v) is 6.95. The molecule has 3 aliphatic rings. The fourth-order valence-electron chi connectivity index (χ4n) is 6.95. The molecule has 8 rings (SSSR count). The first-order valence-electron chi connectivity index (χ1n) is 16.8. The van der Waals surface area contributed by atoms with Crippen LogP contribution in [0.2, 0.25) is 0 Å². The summed E-state index contributed by atoms with van der Waals surface area (Å²) in [5.74, 6) is 0.891. The molecule has 1 aliphatic carbocycles. The van der Waals surface area contributed by atoms with Crippen LogP contribution >= 0.6 is 0 Å². The van der Waals surface area contributed by atoms with Crippen LogP contribution in [0.1, 0.15) is 52.3 Å². The monoisotopic (exact) mass is 632 g/mol. The minimum Gasteiger partial charge on any atom is -0.359 e. The molecule has 0 aromatic heterocycles. The highest BCUT2D eigenvalue weighted by atomic mass is 15.0. The van der Waals surface area contributed by atoms with E-state index in [0.717, 1.165) is 63.6 Å². The maximum atomic E-state index is 8.47. The zero-order valence-electron chi connectivity index (χ0n) is 27.1. The smallest absolute Gasteiger partial charge is 0.134 e. The summed E-state index contributed by atoms with van der Waals surface area (Å²) in [6.45, 7) is 0. The first-order valence-corrected chi connectivity index (χ1v) is 16.8. The third-order valence-corrected chi connectivity index (χ3v) is 9.38. The minimum atomic E-state index is 0.0230. The van der Waals surface area contributed by atoms with E-state index in [1.54, 1.807) is 0 Å². The molecule has 1 unspecified atom stereocenters. The van der Waals surface area contributed by atoms with Crippen molar-refractivity contribution >= 4 is 34.6 Å². The van der Waals surface area contributed by atoms with E-state index in [4.69, 9.17) is 10.4 Å². The molecule has 0 fully saturated rings. The third kappa shape index (κ3) is 6.01. The Morgan fingerprint density at radius 3 is 1.86 bits per heavy atom. The Kier molecular flexibility index (Phi) is 8.27. The normalized spacial score (nSPS) is 18.1. The first kappa shape index (κ1) is 30.1. The van der Waals surface area contributed by atoms with Crippen molar-refractivity contribution in [3.63, 3.8) is 0 Å². The lowest BCUT2D eigenvalue weighted by Crippen LogP contribution is -2.31. The first-order chi connectivity index (χ1) is 24.3. The lowest BCUT2D eigenvalue weighted by molar-refractivity contribution is 0.761. The SMILES string of the molecule is N=C/C(=C1\NC(c2ccccc2)=C(C2=CC=C(C3=CC(c4ccccc4)NC(c4ccccc4)=N3)CC2)c2ccccc21)c1ccccc1. The van der Waals surface area contributed by atoms with Gasteiger partial charge in [-0.1, -0.05) is 158 Å². The van der Waals surface area contributed by atoms with Crippen LogP contribution in [-0.4, -0.2) is 12.1 Å². The average molecular weight is 633 g/mol. The minimum absolute atomic E-state index is 0.0230. The van der Waals surface area contributed by atoms with Gasteiger partial charge in [-0.25, -0.2) is 4.99 Å². The van der Waals surface area contributed by atoms with Crippen molar-refractivity contribution in [1.29, 1.82) is 5.41 Å². The van der Waals surface area contributed by atoms with Gasteiger partial charge in [0.15, 0.2) is 0 Å². The summed E-state index contributed by atoms with van der Waals surface area (Å²) in [6.07, 6.45) is 10.0. The Hall–Kier alpha value is -6.26. The molecule has 0 saturated carbocycles. The van der Waals surface area contributed by atoms with Crippen LogP contribution in [0.5, 0.6) is 0 Å². The van der Waals surface area contributed by atoms with Crippen molar-refractivity contribution in [3.05, 3.63) is 214 Å². The molecular weight excluding hydrogens is 597 g/mol. The quantitative estimate of drug-likeness (QED) is 0.156. The van der Waals surface area contributed by atoms with Crippen LogP contribution in [0.3, 0.4) is 0 Å². The molecular formula is C45H36N4. The van der Waals surface area contributed by atoms with E-state index in [2.05, 4.69) is 150 Å². The second kappa shape index (κ2) is 13.5. The van der Waals surface area contributed by atoms with E-state index in [-0.39, 0.29) is 6.04 Å². The van der Waals surface area contributed by atoms with E-state index in [0.29, 0.717) is 0 Å². The number of benzene rings is 5. The number of nitrogens with one attached hydrogen (secondary N) is 3. The summed E-state index contributed by atoms with van der Waals surface area (Å²) in [5, 5.41) is 16.0. The molecule has 3 N–H and O–H groups in total. The molecule has 0 amide bonds. The highest BCUT2D eigenvalue weighted by Crippen LogP contribution is 2.44. The molecule has 5 aromatic rings. The van der Waals surface area contributed by atoms with Gasteiger partial charge in [0.25, 0.3) is 0 Å². The lowest BCUT2D eigenvalue weighted by atomic mass is 9.81. The molecule has 0 bridgehead atoms. The number of allylic oxidation sites excluding steroid dienone is 6. The molecule has 1 atom stereocenters. The number of fused-ring (bicyclic) bond motifs is 1. The van der Waals surface area contributed by atoms with Crippen LogP contribution in [-0.2, 0) is 0 Å². The largest absolute Gasteiger partial charge is 0.359 e. The predicted molar refractivity (Wildman–Crippen MR) is 204 cm³/mol. The van der Waals surface area contributed by atoms with Gasteiger partial charge in [0.2, 0.25) is 0 Å². The summed E-state index contributed by atoms with van der Waals surface area (Å²) in [7, 11) is 0. The Morgan fingerprint density at radius 1 is 0.633 bits per heavy atom. The van der Waals surface area contributed by atoms with Crippen LogP contribution < -0.4 is 10.6 Å². The molecule has 0 saturated heterocycles. The topological polar surface area (TPSA) is 60.3 Å². The number of nitrogens with zero attached hydrogens (tertiary/aromatic N) is 1. The lowest BCUT2D eigenvalue weighted by Gasteiger charge is -2.31. The molecule has 4 heteroatoms. The van der Waals surface area contributed by atoms with E-state index >= 15 is 0 Å². The van der Waals surface area contributed by atoms with E-state index in [9.17, 15) is 0 Å². The average Bonchev–Trinajstić information content (AvgIpc) is 3.19. The van der Waals surface area contributed by atoms with Gasteiger partial charge in [0, 0.05) is 28.5 Å². The highest BCUT2D eigenvalue weighted by molar-refractivity contribution is 6.21. The van der Waals surface area contributed by atoms with E-state index in [1.807, 2.05) is 24.3 Å². The van der Waals surface area contributed by atoms with Crippen molar-refractivity contribution in [2.24, 2.45) is 4.99 Å². The maximum absolute atomic E-state index is 8.47. The van der Waals surface area contributed by atoms with Gasteiger partial charge in [0.05, 0.1) is 23.1 Å². The molecule has 5 aromatic carbocycles. The number of rotatable bonds is 7. The predicted octanol–water partition coefficient (Wildman–Crippen LogP) is 10.00. The van der Waals surface area contributed by atoms with Gasteiger partial charge >= 0.3 is 0 Å². The van der Waals surface area contributed by atoms with Gasteiger partial charge in [-0.15, -0.1) is 0 Å². The molecule has 0 radical (unpaired) electrons. The Labute approximate surface area is 287 Å². The molecule has 2 aliphatic heterocycles. The van der Waals surface area contributed by atoms with Crippen molar-refractivity contribution in [2.75, 3.05) is 0 Å². The van der Waals surface area contributed by atoms with Crippen molar-refractivity contribution in [3.8, 4) is 0 Å². The van der Waals surface area contributed by atoms with Gasteiger partial charge in [-0.05, 0) is 52.3 Å². The molecule has 236 valence electrons. The van der Waals surface area contributed by atoms with Gasteiger partial charge in [-0.3, -0.25) is 0 Å². The van der Waals surface area contributed by atoms with Crippen LogP contribution in [0, 0.1) is 5.41 Å². The molecule has 49 heavy (non-hydrogen) atoms. The maximum Gasteiger partial charge on any atom is 0.134 e. The van der Waals surface area contributed by atoms with Crippen LogP contribution in [0.15, 0.2) is 186 Å². The summed E-state index contributed by atoms with van der Waals surface area (Å²) >= 11 is 0. The zero-order chi connectivity index (χ0) is 33.0. The second-order valence-electron chi connectivity index (χ2n) is 12.4. The van der Waals surface area contributed by atoms with Gasteiger partial charge in [-0.2, -0.15) is 0 Å². The second-order valence-corrected chi connectivity index (χ2v) is 12.4. The summed E-state index contributed by atoms with van der Waals surface area (Å²) in [5.41, 5.74) is 14.3.